The molecule has 11 heteroatoms. The maximum absolute atomic E-state index is 14.0. The van der Waals surface area contributed by atoms with Gasteiger partial charge in [0, 0.05) is 12.2 Å². The fourth-order valence-corrected chi connectivity index (χ4v) is 3.88. The van der Waals surface area contributed by atoms with Gasteiger partial charge in [0.25, 0.3) is 0 Å². The first-order chi connectivity index (χ1) is 16.0. The van der Waals surface area contributed by atoms with Crippen LogP contribution in [0.3, 0.4) is 0 Å². The largest absolute Gasteiger partial charge is 0.480 e. The van der Waals surface area contributed by atoms with Crippen molar-refractivity contribution in [2.24, 2.45) is 5.92 Å². The van der Waals surface area contributed by atoms with Crippen molar-refractivity contribution in [3.63, 3.8) is 0 Å². The summed E-state index contributed by atoms with van der Waals surface area (Å²) >= 11 is 1.10. The molecule has 0 fully saturated rings. The van der Waals surface area contributed by atoms with Crippen LogP contribution in [0.5, 0.6) is 5.75 Å². The number of hydrogen-bond donors (Lipinski definition) is 1. The van der Waals surface area contributed by atoms with Gasteiger partial charge >= 0.3 is 6.18 Å². The Morgan fingerprint density at radius 3 is 2.53 bits per heavy atom. The Labute approximate surface area is 198 Å². The van der Waals surface area contributed by atoms with Gasteiger partial charge in [-0.2, -0.15) is 13.2 Å². The molecule has 0 saturated heterocycles. The number of halogens is 4. The lowest BCUT2D eigenvalue weighted by Gasteiger charge is -2.18. The summed E-state index contributed by atoms with van der Waals surface area (Å²) in [4.78, 5) is 12.4. The summed E-state index contributed by atoms with van der Waals surface area (Å²) in [6.45, 7) is 6.26. The molecule has 0 aliphatic rings. The third-order valence-electron chi connectivity index (χ3n) is 4.60. The maximum atomic E-state index is 14.0. The van der Waals surface area contributed by atoms with Crippen LogP contribution < -0.4 is 10.1 Å². The molecule has 0 saturated carbocycles. The number of alkyl halides is 3. The van der Waals surface area contributed by atoms with E-state index >= 15 is 0 Å². The third kappa shape index (κ3) is 6.72. The highest BCUT2D eigenvalue weighted by molar-refractivity contribution is 7.99. The zero-order valence-electron chi connectivity index (χ0n) is 18.8. The van der Waals surface area contributed by atoms with Gasteiger partial charge in [0.05, 0.1) is 11.3 Å². The minimum Gasteiger partial charge on any atom is -0.480 e. The van der Waals surface area contributed by atoms with E-state index in [-0.39, 0.29) is 23.1 Å². The summed E-state index contributed by atoms with van der Waals surface area (Å²) in [7, 11) is 0. The standard InChI is InChI=1S/C23H24F4N4O2S/c1-14(2)12-31-21(15(3)33-19-10-5-4-9-18(19)24)29-30-22(31)34-13-20(32)28-17-8-6-7-16(11-17)23(25,26)27/h4-11,14-15H,12-13H2,1-3H3,(H,28,32). The molecule has 1 atom stereocenters. The lowest BCUT2D eigenvalue weighted by Crippen LogP contribution is -2.17. The smallest absolute Gasteiger partial charge is 0.416 e. The molecule has 182 valence electrons. The minimum atomic E-state index is -4.50. The SMILES string of the molecule is CC(C)Cn1c(SCC(=O)Nc2cccc(C(F)(F)F)c2)nnc1C(C)Oc1ccccc1F. The molecule has 1 unspecified atom stereocenters. The van der Waals surface area contributed by atoms with Crippen LogP contribution in [0.1, 0.15) is 38.3 Å². The van der Waals surface area contributed by atoms with Gasteiger partial charge in [0.1, 0.15) is 0 Å². The molecule has 1 aromatic heterocycles. The Hall–Kier alpha value is -3.08. The molecular weight excluding hydrogens is 472 g/mol. The highest BCUT2D eigenvalue weighted by Crippen LogP contribution is 2.31. The van der Waals surface area contributed by atoms with Gasteiger partial charge < -0.3 is 14.6 Å². The Morgan fingerprint density at radius 2 is 1.85 bits per heavy atom. The van der Waals surface area contributed by atoms with Gasteiger partial charge in [-0.25, -0.2) is 4.39 Å². The Bertz CT molecular complexity index is 1130. The predicted molar refractivity (Wildman–Crippen MR) is 121 cm³/mol. The molecule has 1 heterocycles. The zero-order valence-corrected chi connectivity index (χ0v) is 19.6. The maximum Gasteiger partial charge on any atom is 0.416 e. The lowest BCUT2D eigenvalue weighted by molar-refractivity contribution is -0.137. The second-order valence-corrected chi connectivity index (χ2v) is 8.89. The second-order valence-electron chi connectivity index (χ2n) is 7.95. The number of nitrogens with zero attached hydrogens (tertiary/aromatic N) is 3. The first-order valence-electron chi connectivity index (χ1n) is 10.5. The number of nitrogens with one attached hydrogen (secondary N) is 1. The number of amides is 1. The van der Waals surface area contributed by atoms with Crippen LogP contribution in [0.2, 0.25) is 0 Å². The lowest BCUT2D eigenvalue weighted by atomic mass is 10.2. The molecule has 34 heavy (non-hydrogen) atoms. The average molecular weight is 497 g/mol. The average Bonchev–Trinajstić information content (AvgIpc) is 3.15. The van der Waals surface area contributed by atoms with Gasteiger partial charge in [0.15, 0.2) is 28.7 Å². The molecule has 0 radical (unpaired) electrons. The van der Waals surface area contributed by atoms with Crippen LogP contribution in [0, 0.1) is 11.7 Å². The fourth-order valence-electron chi connectivity index (χ4n) is 3.13. The van der Waals surface area contributed by atoms with Gasteiger partial charge in [-0.1, -0.05) is 43.8 Å². The van der Waals surface area contributed by atoms with Gasteiger partial charge in [-0.3, -0.25) is 4.79 Å². The summed E-state index contributed by atoms with van der Waals surface area (Å²) in [5, 5.41) is 11.3. The zero-order chi connectivity index (χ0) is 24.9. The number of carbonyl (C=O) groups excluding carboxylic acids is 1. The van der Waals surface area contributed by atoms with Gasteiger partial charge in [-0.15, -0.1) is 10.2 Å². The molecule has 3 rings (SSSR count). The molecule has 1 amide bonds. The Balaban J connectivity index is 1.70. The molecule has 0 aliphatic heterocycles. The summed E-state index contributed by atoms with van der Waals surface area (Å²) < 4.78 is 60.2. The van der Waals surface area contributed by atoms with Gasteiger partial charge in [0.2, 0.25) is 5.91 Å². The van der Waals surface area contributed by atoms with Crippen LogP contribution >= 0.6 is 11.8 Å². The highest BCUT2D eigenvalue weighted by Gasteiger charge is 2.30. The molecule has 3 aromatic rings. The molecule has 2 aromatic carbocycles. The first kappa shape index (κ1) is 25.5. The van der Waals surface area contributed by atoms with Crippen LogP contribution in [-0.2, 0) is 17.5 Å². The van der Waals surface area contributed by atoms with Crippen molar-refractivity contribution in [2.75, 3.05) is 11.1 Å². The number of hydrogen-bond acceptors (Lipinski definition) is 5. The summed E-state index contributed by atoms with van der Waals surface area (Å²) in [6.07, 6.45) is -5.11. The van der Waals surface area contributed by atoms with Crippen LogP contribution in [0.15, 0.2) is 53.7 Å². The summed E-state index contributed by atoms with van der Waals surface area (Å²) in [6, 6.07) is 10.5. The third-order valence-corrected chi connectivity index (χ3v) is 5.57. The Kier molecular flexibility index (Phi) is 8.19. The number of benzene rings is 2. The second kappa shape index (κ2) is 10.9. The van der Waals surface area contributed by atoms with Crippen LogP contribution in [0.25, 0.3) is 0 Å². The molecule has 0 aliphatic carbocycles. The van der Waals surface area contributed by atoms with Crippen molar-refractivity contribution in [3.8, 4) is 5.75 Å². The van der Waals surface area contributed by atoms with Crippen molar-refractivity contribution < 1.29 is 27.1 Å². The van der Waals surface area contributed by atoms with E-state index in [9.17, 15) is 22.4 Å². The van der Waals surface area contributed by atoms with Crippen molar-refractivity contribution >= 4 is 23.4 Å². The molecule has 6 nitrogen and oxygen atoms in total. The van der Waals surface area contributed by atoms with Crippen molar-refractivity contribution in [1.29, 1.82) is 0 Å². The van der Waals surface area contributed by atoms with E-state index in [2.05, 4.69) is 15.5 Å². The summed E-state index contributed by atoms with van der Waals surface area (Å²) in [5.74, 6) is -0.296. The number of carbonyl (C=O) groups is 1. The van der Waals surface area contributed by atoms with E-state index in [4.69, 9.17) is 4.74 Å². The van der Waals surface area contributed by atoms with Crippen molar-refractivity contribution in [1.82, 2.24) is 14.8 Å². The number of ether oxygens (including phenoxy) is 1. The molecule has 0 bridgehead atoms. The fraction of sp³-hybridized carbons (Fsp3) is 0.348. The van der Waals surface area contributed by atoms with Gasteiger partial charge in [-0.05, 0) is 43.2 Å². The quantitative estimate of drug-likeness (QED) is 0.292. The number of thioether (sulfide) groups is 1. The number of anilines is 1. The van der Waals surface area contributed by atoms with E-state index in [0.29, 0.717) is 17.5 Å². The van der Waals surface area contributed by atoms with E-state index < -0.39 is 29.6 Å². The van der Waals surface area contributed by atoms with E-state index in [0.717, 1.165) is 23.9 Å². The van der Waals surface area contributed by atoms with E-state index in [1.807, 2.05) is 13.8 Å². The molecule has 0 spiro atoms. The van der Waals surface area contributed by atoms with Crippen LogP contribution in [-0.4, -0.2) is 26.4 Å². The van der Waals surface area contributed by atoms with Crippen LogP contribution in [0.4, 0.5) is 23.2 Å². The topological polar surface area (TPSA) is 69.0 Å². The number of aromatic nitrogens is 3. The highest BCUT2D eigenvalue weighted by atomic mass is 32.2. The number of rotatable bonds is 9. The normalized spacial score (nSPS) is 12.6. The van der Waals surface area contributed by atoms with Crippen molar-refractivity contribution in [3.05, 3.63) is 65.7 Å². The summed E-state index contributed by atoms with van der Waals surface area (Å²) in [5.41, 5.74) is -0.792. The first-order valence-corrected chi connectivity index (χ1v) is 11.5. The monoisotopic (exact) mass is 496 g/mol. The predicted octanol–water partition coefficient (Wildman–Crippen LogP) is 5.96. The molecule has 1 N–H and O–H groups in total. The minimum absolute atomic E-state index is 0.0525. The van der Waals surface area contributed by atoms with E-state index in [1.54, 1.807) is 23.6 Å². The van der Waals surface area contributed by atoms with E-state index in [1.165, 1.54) is 24.3 Å². The number of para-hydroxylation sites is 1. The van der Waals surface area contributed by atoms with Crippen molar-refractivity contribution in [2.45, 2.75) is 44.8 Å². The molecular formula is C23H24F4N4O2S. The Morgan fingerprint density at radius 1 is 1.12 bits per heavy atom.